The van der Waals surface area contributed by atoms with E-state index in [1.807, 2.05) is 13.0 Å². The Morgan fingerprint density at radius 1 is 1.64 bits per heavy atom. The van der Waals surface area contributed by atoms with E-state index < -0.39 is 0 Å². The number of hydrogen-bond acceptors (Lipinski definition) is 2. The van der Waals surface area contributed by atoms with Crippen molar-refractivity contribution in [2.45, 2.75) is 13.3 Å². The van der Waals surface area contributed by atoms with Crippen LogP contribution in [0.3, 0.4) is 0 Å². The van der Waals surface area contributed by atoms with Gasteiger partial charge in [-0.25, -0.2) is 4.98 Å². The highest BCUT2D eigenvalue weighted by Crippen LogP contribution is 2.12. The molecule has 11 heavy (non-hydrogen) atoms. The van der Waals surface area contributed by atoms with E-state index in [1.165, 1.54) is 0 Å². The van der Waals surface area contributed by atoms with Gasteiger partial charge in [0, 0.05) is 12.8 Å². The SMILES string of the molecule is Cc1cc(CCO)cnc1Cl. The fourth-order valence-electron chi connectivity index (χ4n) is 0.882. The second-order valence-corrected chi connectivity index (χ2v) is 2.78. The summed E-state index contributed by atoms with van der Waals surface area (Å²) in [5.41, 5.74) is 1.98. The Hall–Kier alpha value is -0.600. The van der Waals surface area contributed by atoms with Crippen molar-refractivity contribution in [2.24, 2.45) is 0 Å². The second-order valence-electron chi connectivity index (χ2n) is 2.42. The normalized spacial score (nSPS) is 10.1. The molecule has 0 aliphatic rings. The monoisotopic (exact) mass is 171 g/mol. The molecule has 0 radical (unpaired) electrons. The van der Waals surface area contributed by atoms with Gasteiger partial charge in [-0.3, -0.25) is 0 Å². The van der Waals surface area contributed by atoms with Crippen molar-refractivity contribution >= 4 is 11.6 Å². The van der Waals surface area contributed by atoms with Crippen LogP contribution < -0.4 is 0 Å². The number of hydrogen-bond donors (Lipinski definition) is 1. The molecule has 0 unspecified atom stereocenters. The highest BCUT2D eigenvalue weighted by atomic mass is 35.5. The molecule has 0 bridgehead atoms. The van der Waals surface area contributed by atoms with Crippen molar-refractivity contribution in [3.63, 3.8) is 0 Å². The van der Waals surface area contributed by atoms with Crippen LogP contribution >= 0.6 is 11.6 Å². The molecule has 0 saturated heterocycles. The Labute approximate surface area is 70.8 Å². The molecule has 1 aromatic rings. The smallest absolute Gasteiger partial charge is 0.131 e. The van der Waals surface area contributed by atoms with Crippen LogP contribution in [0.25, 0.3) is 0 Å². The largest absolute Gasteiger partial charge is 0.396 e. The lowest BCUT2D eigenvalue weighted by Crippen LogP contribution is -1.92. The van der Waals surface area contributed by atoms with Gasteiger partial charge in [0.05, 0.1) is 0 Å². The fraction of sp³-hybridized carbons (Fsp3) is 0.375. The number of aryl methyl sites for hydroxylation is 1. The predicted molar refractivity (Wildman–Crippen MR) is 44.8 cm³/mol. The second kappa shape index (κ2) is 3.69. The summed E-state index contributed by atoms with van der Waals surface area (Å²) in [6.45, 7) is 2.05. The average molecular weight is 172 g/mol. The lowest BCUT2D eigenvalue weighted by molar-refractivity contribution is 0.299. The van der Waals surface area contributed by atoms with Gasteiger partial charge in [0.2, 0.25) is 0 Å². The molecular formula is C8H10ClNO. The Balaban J connectivity index is 2.86. The van der Waals surface area contributed by atoms with Crippen LogP contribution in [-0.4, -0.2) is 16.7 Å². The van der Waals surface area contributed by atoms with Crippen LogP contribution in [0.1, 0.15) is 11.1 Å². The van der Waals surface area contributed by atoms with Crippen molar-refractivity contribution in [3.05, 3.63) is 28.5 Å². The zero-order valence-electron chi connectivity index (χ0n) is 6.34. The summed E-state index contributed by atoms with van der Waals surface area (Å²) in [4.78, 5) is 3.95. The first-order chi connectivity index (χ1) is 5.24. The summed E-state index contributed by atoms with van der Waals surface area (Å²) < 4.78 is 0. The fourth-order valence-corrected chi connectivity index (χ4v) is 0.985. The molecule has 60 valence electrons. The summed E-state index contributed by atoms with van der Waals surface area (Å²) in [7, 11) is 0. The summed E-state index contributed by atoms with van der Waals surface area (Å²) in [6, 6.07) is 1.94. The summed E-state index contributed by atoms with van der Waals surface area (Å²) in [5.74, 6) is 0. The molecule has 2 nitrogen and oxygen atoms in total. The van der Waals surface area contributed by atoms with Gasteiger partial charge in [0.1, 0.15) is 5.15 Å². The molecule has 0 spiro atoms. The first-order valence-electron chi connectivity index (χ1n) is 3.46. The van der Waals surface area contributed by atoms with Crippen molar-refractivity contribution in [1.82, 2.24) is 4.98 Å². The Morgan fingerprint density at radius 3 is 2.91 bits per heavy atom. The number of aliphatic hydroxyl groups excluding tert-OH is 1. The number of nitrogens with zero attached hydrogens (tertiary/aromatic N) is 1. The molecule has 1 rings (SSSR count). The number of rotatable bonds is 2. The van der Waals surface area contributed by atoms with Gasteiger partial charge < -0.3 is 5.11 Å². The zero-order valence-corrected chi connectivity index (χ0v) is 7.10. The average Bonchev–Trinajstić information content (AvgIpc) is 1.98. The molecular weight excluding hydrogens is 162 g/mol. The Bertz CT molecular complexity index is 250. The minimum absolute atomic E-state index is 0.156. The molecule has 0 saturated carbocycles. The quantitative estimate of drug-likeness (QED) is 0.686. The molecule has 1 N–H and O–H groups in total. The van der Waals surface area contributed by atoms with Gasteiger partial charge in [-0.1, -0.05) is 17.7 Å². The third-order valence-corrected chi connectivity index (χ3v) is 1.87. The van der Waals surface area contributed by atoms with E-state index >= 15 is 0 Å². The number of aromatic nitrogens is 1. The van der Waals surface area contributed by atoms with Crippen LogP contribution in [0.15, 0.2) is 12.3 Å². The van der Waals surface area contributed by atoms with E-state index in [0.29, 0.717) is 11.6 Å². The highest BCUT2D eigenvalue weighted by Gasteiger charge is 1.97. The summed E-state index contributed by atoms with van der Waals surface area (Å²) >= 11 is 5.71. The van der Waals surface area contributed by atoms with Crippen LogP contribution in [0.2, 0.25) is 5.15 Å². The van der Waals surface area contributed by atoms with E-state index in [1.54, 1.807) is 6.20 Å². The third kappa shape index (κ3) is 2.17. The maximum atomic E-state index is 8.62. The first-order valence-corrected chi connectivity index (χ1v) is 3.83. The van der Waals surface area contributed by atoms with Crippen LogP contribution in [-0.2, 0) is 6.42 Å². The van der Waals surface area contributed by atoms with Crippen LogP contribution in [0.4, 0.5) is 0 Å². The van der Waals surface area contributed by atoms with Gasteiger partial charge in [-0.2, -0.15) is 0 Å². The molecule has 0 aliphatic heterocycles. The first kappa shape index (κ1) is 8.50. The lowest BCUT2D eigenvalue weighted by Gasteiger charge is -2.00. The maximum Gasteiger partial charge on any atom is 0.131 e. The molecule has 1 heterocycles. The van der Waals surface area contributed by atoms with Gasteiger partial charge in [-0.15, -0.1) is 0 Å². The number of pyridine rings is 1. The minimum Gasteiger partial charge on any atom is -0.396 e. The van der Waals surface area contributed by atoms with Gasteiger partial charge in [0.25, 0.3) is 0 Å². The van der Waals surface area contributed by atoms with E-state index in [4.69, 9.17) is 16.7 Å². The molecule has 0 aromatic carbocycles. The predicted octanol–water partition coefficient (Wildman–Crippen LogP) is 1.58. The molecule has 0 fully saturated rings. The number of aliphatic hydroxyl groups is 1. The van der Waals surface area contributed by atoms with Crippen molar-refractivity contribution < 1.29 is 5.11 Å². The Morgan fingerprint density at radius 2 is 2.36 bits per heavy atom. The van der Waals surface area contributed by atoms with Crippen LogP contribution in [0, 0.1) is 6.92 Å². The minimum atomic E-state index is 0.156. The number of halogens is 1. The van der Waals surface area contributed by atoms with Crippen molar-refractivity contribution in [1.29, 1.82) is 0 Å². The summed E-state index contributed by atoms with van der Waals surface area (Å²) in [6.07, 6.45) is 2.33. The van der Waals surface area contributed by atoms with Gasteiger partial charge in [0.15, 0.2) is 0 Å². The topological polar surface area (TPSA) is 33.1 Å². The van der Waals surface area contributed by atoms with E-state index in [2.05, 4.69) is 4.98 Å². The lowest BCUT2D eigenvalue weighted by atomic mass is 10.2. The third-order valence-electron chi connectivity index (χ3n) is 1.47. The molecule has 1 aromatic heterocycles. The van der Waals surface area contributed by atoms with Crippen molar-refractivity contribution in [2.75, 3.05) is 6.61 Å². The van der Waals surface area contributed by atoms with Gasteiger partial charge >= 0.3 is 0 Å². The molecule has 0 atom stereocenters. The standard InChI is InChI=1S/C8H10ClNO/c1-6-4-7(2-3-11)5-10-8(6)9/h4-5,11H,2-3H2,1H3. The van der Waals surface area contributed by atoms with E-state index in [0.717, 1.165) is 11.1 Å². The Kier molecular flexibility index (Phi) is 2.85. The summed E-state index contributed by atoms with van der Waals surface area (Å²) in [5, 5.41) is 9.15. The molecule has 0 aliphatic carbocycles. The van der Waals surface area contributed by atoms with Crippen molar-refractivity contribution in [3.8, 4) is 0 Å². The maximum absolute atomic E-state index is 8.62. The molecule has 0 amide bonds. The molecule has 3 heteroatoms. The highest BCUT2D eigenvalue weighted by molar-refractivity contribution is 6.30. The van der Waals surface area contributed by atoms with E-state index in [9.17, 15) is 0 Å². The van der Waals surface area contributed by atoms with Gasteiger partial charge in [-0.05, 0) is 24.5 Å². The van der Waals surface area contributed by atoms with E-state index in [-0.39, 0.29) is 6.61 Å². The van der Waals surface area contributed by atoms with Crippen LogP contribution in [0.5, 0.6) is 0 Å². The zero-order chi connectivity index (χ0) is 8.27.